The molecule has 0 radical (unpaired) electrons. The molecule has 1 aliphatic carbocycles. The van der Waals surface area contributed by atoms with Gasteiger partial charge in [-0.05, 0) is 41.7 Å². The molecular weight excluding hydrogens is 532 g/mol. The van der Waals surface area contributed by atoms with E-state index in [0.717, 1.165) is 16.7 Å². The van der Waals surface area contributed by atoms with Crippen molar-refractivity contribution in [2.45, 2.75) is 42.4 Å². The number of hydrogen-bond donors (Lipinski definition) is 3. The van der Waals surface area contributed by atoms with Crippen molar-refractivity contribution in [3.05, 3.63) is 89.5 Å². The Bertz CT molecular complexity index is 1430. The summed E-state index contributed by atoms with van der Waals surface area (Å²) in [6.45, 7) is 0.494. The van der Waals surface area contributed by atoms with E-state index in [-0.39, 0.29) is 35.9 Å². The maximum atomic E-state index is 13.6. The zero-order chi connectivity index (χ0) is 28.1. The number of ether oxygens (including phenoxy) is 3. The molecule has 0 unspecified atom stereocenters. The number of amides is 1. The summed E-state index contributed by atoms with van der Waals surface area (Å²) >= 11 is 0. The number of nitrogens with one attached hydrogen (secondary N) is 2. The van der Waals surface area contributed by atoms with Crippen molar-refractivity contribution in [2.24, 2.45) is 5.92 Å². The van der Waals surface area contributed by atoms with E-state index in [0.29, 0.717) is 37.6 Å². The Kier molecular flexibility index (Phi) is 8.70. The second-order valence-electron chi connectivity index (χ2n) is 10.1. The minimum atomic E-state index is -3.93. The largest absolute Gasteiger partial charge is 0.486 e. The smallest absolute Gasteiger partial charge is 0.240 e. The average Bonchev–Trinajstić information content (AvgIpc) is 3.33. The van der Waals surface area contributed by atoms with Gasteiger partial charge in [0.1, 0.15) is 13.2 Å². The fourth-order valence-corrected chi connectivity index (χ4v) is 6.38. The van der Waals surface area contributed by atoms with E-state index in [1.165, 1.54) is 12.1 Å². The molecule has 0 spiro atoms. The predicted molar refractivity (Wildman–Crippen MR) is 149 cm³/mol. The SMILES string of the molecule is CO[C@@H]1Cc2ccccc2[C@@H]1NC(=O)[C@H](Cc1ccccc1)C[C@H](O)CNS(=O)(=O)c1ccc2c(c1)OCCO2. The zero-order valence-electron chi connectivity index (χ0n) is 22.3. The van der Waals surface area contributed by atoms with Crippen molar-refractivity contribution in [2.75, 3.05) is 26.9 Å². The number of sulfonamides is 1. The Morgan fingerprint density at radius 3 is 2.52 bits per heavy atom. The Labute approximate surface area is 234 Å². The number of fused-ring (bicyclic) bond motifs is 2. The van der Waals surface area contributed by atoms with Crippen LogP contribution in [0.15, 0.2) is 77.7 Å². The number of carbonyl (C=O) groups excluding carboxylic acids is 1. The Morgan fingerprint density at radius 2 is 1.75 bits per heavy atom. The molecule has 1 aliphatic heterocycles. The highest BCUT2D eigenvalue weighted by molar-refractivity contribution is 7.89. The molecule has 0 saturated carbocycles. The van der Waals surface area contributed by atoms with Gasteiger partial charge in [0.2, 0.25) is 15.9 Å². The molecule has 9 nitrogen and oxygen atoms in total. The second-order valence-corrected chi connectivity index (χ2v) is 11.9. The number of aliphatic hydroxyl groups is 1. The molecule has 10 heteroatoms. The highest BCUT2D eigenvalue weighted by Crippen LogP contribution is 2.34. The van der Waals surface area contributed by atoms with E-state index in [1.807, 2.05) is 54.6 Å². The van der Waals surface area contributed by atoms with Crippen LogP contribution in [0.1, 0.15) is 29.2 Å². The van der Waals surface area contributed by atoms with Crippen molar-refractivity contribution in [3.8, 4) is 11.5 Å². The Morgan fingerprint density at radius 1 is 1.02 bits per heavy atom. The third-order valence-corrected chi connectivity index (χ3v) is 8.79. The summed E-state index contributed by atoms with van der Waals surface area (Å²) in [5.74, 6) is 0.0283. The van der Waals surface area contributed by atoms with E-state index >= 15 is 0 Å². The van der Waals surface area contributed by atoms with E-state index in [2.05, 4.69) is 10.0 Å². The number of rotatable bonds is 11. The number of hydrogen-bond acceptors (Lipinski definition) is 7. The standard InChI is InChI=1S/C30H34N2O7S/c1-37-28-17-21-9-5-6-10-25(21)29(28)32-30(34)22(15-20-7-3-2-4-8-20)16-23(33)19-31-40(35,36)24-11-12-26-27(18-24)39-14-13-38-26/h2-12,18,22-23,28-29,31,33H,13-17,19H2,1H3,(H,32,34)/t22-,23+,28-,29+/m1/s1. The van der Waals surface area contributed by atoms with E-state index in [9.17, 15) is 18.3 Å². The number of methoxy groups -OCH3 is 1. The lowest BCUT2D eigenvalue weighted by Gasteiger charge is -2.26. The predicted octanol–water partition coefficient (Wildman–Crippen LogP) is 2.77. The highest BCUT2D eigenvalue weighted by Gasteiger charge is 2.35. The molecule has 5 rings (SSSR count). The van der Waals surface area contributed by atoms with Crippen LogP contribution in [0, 0.1) is 5.92 Å². The van der Waals surface area contributed by atoms with Gasteiger partial charge in [-0.1, -0.05) is 54.6 Å². The maximum Gasteiger partial charge on any atom is 0.240 e. The van der Waals surface area contributed by atoms with Gasteiger partial charge in [-0.15, -0.1) is 0 Å². The molecule has 4 atom stereocenters. The van der Waals surface area contributed by atoms with E-state index in [4.69, 9.17) is 14.2 Å². The summed E-state index contributed by atoms with van der Waals surface area (Å²) in [4.78, 5) is 13.6. The third-order valence-electron chi connectivity index (χ3n) is 7.37. The topological polar surface area (TPSA) is 123 Å². The molecule has 212 valence electrons. The zero-order valence-corrected chi connectivity index (χ0v) is 23.1. The lowest BCUT2D eigenvalue weighted by Crippen LogP contribution is -2.41. The summed E-state index contributed by atoms with van der Waals surface area (Å²) in [6.07, 6.45) is -0.131. The van der Waals surface area contributed by atoms with Crippen LogP contribution >= 0.6 is 0 Å². The molecule has 3 aromatic carbocycles. The Hall–Kier alpha value is -3.44. The van der Waals surface area contributed by atoms with Gasteiger partial charge in [0.05, 0.1) is 23.1 Å². The molecule has 2 aliphatic rings. The van der Waals surface area contributed by atoms with Crippen LogP contribution in [-0.4, -0.2) is 58.5 Å². The van der Waals surface area contributed by atoms with Crippen molar-refractivity contribution in [1.29, 1.82) is 0 Å². The first-order chi connectivity index (χ1) is 19.3. The maximum absolute atomic E-state index is 13.6. The molecule has 40 heavy (non-hydrogen) atoms. The first kappa shape index (κ1) is 28.1. The van der Waals surface area contributed by atoms with Crippen LogP contribution in [0.5, 0.6) is 11.5 Å². The molecular formula is C30H34N2O7S. The van der Waals surface area contributed by atoms with Crippen molar-refractivity contribution in [3.63, 3.8) is 0 Å². The average molecular weight is 567 g/mol. The number of carbonyl (C=O) groups is 1. The van der Waals surface area contributed by atoms with Gasteiger partial charge in [0.15, 0.2) is 11.5 Å². The molecule has 0 saturated heterocycles. The molecule has 0 bridgehead atoms. The van der Waals surface area contributed by atoms with Crippen LogP contribution in [0.25, 0.3) is 0 Å². The number of benzene rings is 3. The van der Waals surface area contributed by atoms with Crippen molar-refractivity contribution < 1.29 is 32.5 Å². The molecule has 0 aromatic heterocycles. The second kappa shape index (κ2) is 12.4. The monoisotopic (exact) mass is 566 g/mol. The molecule has 1 heterocycles. The molecule has 3 N–H and O–H groups in total. The van der Waals surface area contributed by atoms with Gasteiger partial charge in [0.25, 0.3) is 0 Å². The van der Waals surface area contributed by atoms with Gasteiger partial charge < -0.3 is 24.6 Å². The number of aliphatic hydroxyl groups excluding tert-OH is 1. The van der Waals surface area contributed by atoms with Crippen molar-refractivity contribution in [1.82, 2.24) is 10.0 Å². The fraction of sp³-hybridized carbons (Fsp3) is 0.367. The van der Waals surface area contributed by atoms with E-state index in [1.54, 1.807) is 13.2 Å². The molecule has 0 fully saturated rings. The van der Waals surface area contributed by atoms with Gasteiger partial charge >= 0.3 is 0 Å². The lowest BCUT2D eigenvalue weighted by atomic mass is 9.92. The van der Waals surface area contributed by atoms with Gasteiger partial charge in [-0.25, -0.2) is 13.1 Å². The summed E-state index contributed by atoms with van der Waals surface area (Å²) < 4.78 is 45.0. The molecule has 3 aromatic rings. The van der Waals surface area contributed by atoms with Crippen LogP contribution in [0.4, 0.5) is 0 Å². The first-order valence-corrected chi connectivity index (χ1v) is 14.8. The third kappa shape index (κ3) is 6.47. The van der Waals surface area contributed by atoms with Crippen molar-refractivity contribution >= 4 is 15.9 Å². The van der Waals surface area contributed by atoms with Gasteiger partial charge in [0, 0.05) is 32.1 Å². The van der Waals surface area contributed by atoms with Gasteiger partial charge in [-0.2, -0.15) is 0 Å². The van der Waals surface area contributed by atoms with Crippen LogP contribution in [0.2, 0.25) is 0 Å². The van der Waals surface area contributed by atoms with Gasteiger partial charge in [-0.3, -0.25) is 4.79 Å². The van der Waals surface area contributed by atoms with Crippen LogP contribution < -0.4 is 19.5 Å². The Balaban J connectivity index is 1.27. The molecule has 1 amide bonds. The summed E-state index contributed by atoms with van der Waals surface area (Å²) in [5, 5.41) is 14.0. The quantitative estimate of drug-likeness (QED) is 0.326. The minimum absolute atomic E-state index is 0.00744. The fourth-order valence-electron chi connectivity index (χ4n) is 5.29. The lowest BCUT2D eigenvalue weighted by molar-refractivity contribution is -0.127. The normalized spacial score (nSPS) is 19.4. The first-order valence-electron chi connectivity index (χ1n) is 13.4. The van der Waals surface area contributed by atoms with E-state index < -0.39 is 22.0 Å². The summed E-state index contributed by atoms with van der Waals surface area (Å²) in [6, 6.07) is 21.6. The summed E-state index contributed by atoms with van der Waals surface area (Å²) in [5.41, 5.74) is 3.10. The summed E-state index contributed by atoms with van der Waals surface area (Å²) in [7, 11) is -2.30. The van der Waals surface area contributed by atoms with Crippen LogP contribution in [0.3, 0.4) is 0 Å². The minimum Gasteiger partial charge on any atom is -0.486 e. The highest BCUT2D eigenvalue weighted by atomic mass is 32.2. The van der Waals surface area contributed by atoms with Crippen LogP contribution in [-0.2, 0) is 32.4 Å².